The van der Waals surface area contributed by atoms with Crippen LogP contribution < -0.4 is 0 Å². The van der Waals surface area contributed by atoms with E-state index in [1.54, 1.807) is 12.5 Å². The predicted octanol–water partition coefficient (Wildman–Crippen LogP) is 6.55. The van der Waals surface area contributed by atoms with E-state index < -0.39 is 63.8 Å². The normalized spacial score (nSPS) is 47.0. The lowest BCUT2D eigenvalue weighted by molar-refractivity contribution is -0.276. The third-order valence-electron chi connectivity index (χ3n) is 15.2. The summed E-state index contributed by atoms with van der Waals surface area (Å²) in [6, 6.07) is 12.4. The Morgan fingerprint density at radius 2 is 1.78 bits per heavy atom. The average Bonchev–Trinajstić information content (AvgIpc) is 3.54. The number of carbonyl (C=O) groups is 3. The van der Waals surface area contributed by atoms with E-state index in [9.17, 15) is 14.7 Å². The molecule has 4 aliphatic heterocycles. The van der Waals surface area contributed by atoms with Gasteiger partial charge in [0.15, 0.2) is 11.9 Å². The number of Topliss-reactive ketones (excluding diaryl/α,β-unsaturated/α-hetero) is 1. The predicted molar refractivity (Wildman–Crippen MR) is 184 cm³/mol. The molecule has 3 saturated carbocycles. The largest absolute Gasteiger partial charge is 0.472 e. The molecule has 51 heavy (non-hydrogen) atoms. The third-order valence-corrected chi connectivity index (χ3v) is 15.2. The number of rotatable bonds is 7. The Morgan fingerprint density at radius 1 is 0.980 bits per heavy atom. The maximum Gasteiger partial charge on any atom is 0.339 e. The molecule has 0 amide bonds. The highest BCUT2D eigenvalue weighted by atomic mass is 16.7. The molecular weight excluding hydrogens is 648 g/mol. The molecule has 274 valence electrons. The van der Waals surface area contributed by atoms with Crippen molar-refractivity contribution < 1.29 is 42.9 Å². The molecule has 1 aromatic heterocycles. The fourth-order valence-corrected chi connectivity index (χ4v) is 13.4. The molecule has 13 atom stereocenters. The molecule has 0 bridgehead atoms. The van der Waals surface area contributed by atoms with Gasteiger partial charge in [-0.1, -0.05) is 63.9 Å². The van der Waals surface area contributed by atoms with Crippen molar-refractivity contribution in [2.45, 2.75) is 128 Å². The minimum absolute atomic E-state index is 0.0660. The molecular formula is C42H52O9. The molecule has 0 radical (unpaired) electrons. The van der Waals surface area contributed by atoms with Crippen molar-refractivity contribution in [2.75, 3.05) is 6.61 Å². The van der Waals surface area contributed by atoms with Crippen LogP contribution in [-0.2, 0) is 39.8 Å². The monoisotopic (exact) mass is 700 g/mol. The fraction of sp³-hybridized carbons (Fsp3) is 0.690. The van der Waals surface area contributed by atoms with Crippen LogP contribution >= 0.6 is 0 Å². The number of hydrogen-bond acceptors (Lipinski definition) is 9. The number of benzene rings is 1. The molecule has 7 aliphatic rings. The van der Waals surface area contributed by atoms with Crippen LogP contribution in [0.2, 0.25) is 0 Å². The number of carbonyl (C=O) groups excluding carboxylic acids is 3. The molecule has 7 fully saturated rings. The second-order valence-electron chi connectivity index (χ2n) is 18.0. The van der Waals surface area contributed by atoms with Gasteiger partial charge in [0.1, 0.15) is 24.4 Å². The molecule has 1 N–H and O–H groups in total. The minimum atomic E-state index is -1.39. The number of ether oxygens (including phenoxy) is 4. The first kappa shape index (κ1) is 33.8. The molecule has 9 heteroatoms. The van der Waals surface area contributed by atoms with Crippen LogP contribution in [0.1, 0.15) is 103 Å². The zero-order valence-corrected chi connectivity index (χ0v) is 30.3. The Bertz CT molecular complexity index is 1710. The average molecular weight is 701 g/mol. The van der Waals surface area contributed by atoms with Gasteiger partial charge in [0.05, 0.1) is 36.6 Å². The Hall–Kier alpha value is -3.01. The van der Waals surface area contributed by atoms with Crippen molar-refractivity contribution in [3.05, 3.63) is 60.1 Å². The number of aliphatic hydroxyl groups is 1. The number of hydrogen-bond donors (Lipinski definition) is 1. The van der Waals surface area contributed by atoms with Crippen molar-refractivity contribution in [3.63, 3.8) is 0 Å². The van der Waals surface area contributed by atoms with Gasteiger partial charge in [0.2, 0.25) is 0 Å². The van der Waals surface area contributed by atoms with E-state index in [0.29, 0.717) is 31.1 Å². The summed E-state index contributed by atoms with van der Waals surface area (Å²) in [4.78, 5) is 42.7. The summed E-state index contributed by atoms with van der Waals surface area (Å²) in [5, 5.41) is 13.2. The topological polar surface area (TPSA) is 125 Å². The third kappa shape index (κ3) is 4.34. The van der Waals surface area contributed by atoms with Crippen LogP contribution in [0, 0.1) is 45.8 Å². The number of esters is 2. The number of ketones is 1. The molecule has 2 aromatic rings. The van der Waals surface area contributed by atoms with Gasteiger partial charge in [-0.05, 0) is 87.2 Å². The lowest BCUT2D eigenvalue weighted by Crippen LogP contribution is -2.79. The summed E-state index contributed by atoms with van der Waals surface area (Å²) in [7, 11) is 0. The molecule has 4 saturated heterocycles. The number of epoxide rings is 1. The Kier molecular flexibility index (Phi) is 7.62. The zero-order valence-electron chi connectivity index (χ0n) is 30.3. The molecule has 1 aromatic carbocycles. The molecule has 3 aliphatic carbocycles. The van der Waals surface area contributed by atoms with E-state index in [4.69, 9.17) is 23.4 Å². The molecule has 9 rings (SSSR count). The Morgan fingerprint density at radius 3 is 2.53 bits per heavy atom. The van der Waals surface area contributed by atoms with E-state index in [0.717, 1.165) is 44.1 Å². The van der Waals surface area contributed by atoms with E-state index in [1.165, 1.54) is 5.56 Å². The zero-order chi connectivity index (χ0) is 35.6. The standard InChI is InChI=1S/C42H52O9/c1-24(2)13-17-39(4)33-32(44)34(45)41(28-12-8-11-26(20-28)19-25-9-6-5-7-10-25)29(40(33)23-48-31(43)21-30(40)50-39)14-16-38(3)35(27-15-18-47-22-27)49-37(46)36-42(38,41)51-36/h5-7,9-10,15,18,22,24,26,28-30,33-36,45H,8,11-14,16-17,19-21,23H2,1-4H3. The van der Waals surface area contributed by atoms with Crippen molar-refractivity contribution in [1.29, 1.82) is 0 Å². The second kappa shape index (κ2) is 11.5. The van der Waals surface area contributed by atoms with Crippen molar-refractivity contribution in [2.24, 2.45) is 45.8 Å². The first-order valence-corrected chi connectivity index (χ1v) is 19.4. The second-order valence-corrected chi connectivity index (χ2v) is 18.0. The summed E-state index contributed by atoms with van der Waals surface area (Å²) in [5.41, 5.74) is -2.77. The number of fused-ring (bicyclic) bond motifs is 1. The summed E-state index contributed by atoms with van der Waals surface area (Å²) in [5.74, 6) is -1.37. The highest BCUT2D eigenvalue weighted by molar-refractivity contribution is 5.92. The van der Waals surface area contributed by atoms with E-state index >= 15 is 4.79 Å². The lowest BCUT2D eigenvalue weighted by Gasteiger charge is -2.70. The van der Waals surface area contributed by atoms with Gasteiger partial charge < -0.3 is 28.5 Å². The molecule has 5 heterocycles. The maximum atomic E-state index is 15.5. The Labute approximate surface area is 300 Å². The first-order chi connectivity index (χ1) is 24.4. The van der Waals surface area contributed by atoms with Crippen LogP contribution in [0.4, 0.5) is 0 Å². The van der Waals surface area contributed by atoms with Crippen LogP contribution in [-0.4, -0.2) is 58.9 Å². The van der Waals surface area contributed by atoms with Gasteiger partial charge in [-0.15, -0.1) is 0 Å². The van der Waals surface area contributed by atoms with Crippen LogP contribution in [0.5, 0.6) is 0 Å². The van der Waals surface area contributed by atoms with Crippen molar-refractivity contribution in [1.82, 2.24) is 0 Å². The van der Waals surface area contributed by atoms with Gasteiger partial charge >= 0.3 is 11.9 Å². The molecule has 13 unspecified atom stereocenters. The minimum Gasteiger partial charge on any atom is -0.472 e. The van der Waals surface area contributed by atoms with Crippen LogP contribution in [0.3, 0.4) is 0 Å². The fourth-order valence-electron chi connectivity index (χ4n) is 13.4. The smallest absolute Gasteiger partial charge is 0.339 e. The van der Waals surface area contributed by atoms with E-state index in [-0.39, 0.29) is 36.6 Å². The van der Waals surface area contributed by atoms with Crippen molar-refractivity contribution >= 4 is 17.7 Å². The summed E-state index contributed by atoms with van der Waals surface area (Å²) >= 11 is 0. The van der Waals surface area contributed by atoms with Gasteiger partial charge in [-0.25, -0.2) is 4.79 Å². The molecule has 2 spiro atoms. The van der Waals surface area contributed by atoms with Crippen LogP contribution in [0.15, 0.2) is 53.3 Å². The Balaban J connectivity index is 1.24. The summed E-state index contributed by atoms with van der Waals surface area (Å²) < 4.78 is 31.8. The summed E-state index contributed by atoms with van der Waals surface area (Å²) in [6.45, 7) is 8.55. The van der Waals surface area contributed by atoms with E-state index in [2.05, 4.69) is 45.0 Å². The van der Waals surface area contributed by atoms with Crippen molar-refractivity contribution in [3.8, 4) is 0 Å². The van der Waals surface area contributed by atoms with Gasteiger partial charge in [-0.3, -0.25) is 9.59 Å². The highest BCUT2D eigenvalue weighted by Crippen LogP contribution is 2.82. The number of cyclic esters (lactones) is 2. The van der Waals surface area contributed by atoms with E-state index in [1.807, 2.05) is 19.1 Å². The van der Waals surface area contributed by atoms with Gasteiger partial charge in [-0.2, -0.15) is 0 Å². The summed E-state index contributed by atoms with van der Waals surface area (Å²) in [6.07, 6.45) is 7.07. The van der Waals surface area contributed by atoms with Gasteiger partial charge in [0.25, 0.3) is 0 Å². The van der Waals surface area contributed by atoms with Crippen LogP contribution in [0.25, 0.3) is 0 Å². The van der Waals surface area contributed by atoms with Gasteiger partial charge in [0, 0.05) is 21.8 Å². The quantitative estimate of drug-likeness (QED) is 0.253. The highest BCUT2D eigenvalue weighted by Gasteiger charge is 2.93. The maximum absolute atomic E-state index is 15.5. The number of aliphatic hydroxyl groups excluding tert-OH is 1. The molecule has 9 nitrogen and oxygen atoms in total. The lowest BCUT2D eigenvalue weighted by atomic mass is 9.32. The first-order valence-electron chi connectivity index (χ1n) is 19.4. The SMILES string of the molecule is CC(C)CCC1(C)OC2CC(=O)OCC23C1C(=O)C(O)C1(C2CCCC(Cc4ccccc4)C2)C3CCC2(C)C(c3ccoc3)OC(=O)C3OC321. The number of furan rings is 1.